The van der Waals surface area contributed by atoms with Gasteiger partial charge in [-0.25, -0.2) is 9.80 Å². The van der Waals surface area contributed by atoms with Crippen LogP contribution in [-0.2, 0) is 9.53 Å². The van der Waals surface area contributed by atoms with Gasteiger partial charge in [-0.2, -0.15) is 5.10 Å². The third kappa shape index (κ3) is 2.47. The summed E-state index contributed by atoms with van der Waals surface area (Å²) in [5, 5.41) is 6.58. The standard InChI is InChI=1S/C18H13BrN2O2/c19-16-17-15(23-18(16)22)11-14(12-7-3-1-4-8-12)20-21(17)13-9-5-2-6-10-13/h1-10,15H,11H2. The van der Waals surface area contributed by atoms with Crippen LogP contribution in [0.4, 0.5) is 5.69 Å². The van der Waals surface area contributed by atoms with Crippen LogP contribution in [0.2, 0.25) is 0 Å². The van der Waals surface area contributed by atoms with Crippen LogP contribution >= 0.6 is 15.9 Å². The molecule has 5 heteroatoms. The molecule has 2 aromatic carbocycles. The van der Waals surface area contributed by atoms with Gasteiger partial charge in [0.25, 0.3) is 0 Å². The van der Waals surface area contributed by atoms with Crippen LogP contribution < -0.4 is 5.01 Å². The highest BCUT2D eigenvalue weighted by molar-refractivity contribution is 9.12. The van der Waals surface area contributed by atoms with Gasteiger partial charge in [-0.1, -0.05) is 48.5 Å². The van der Waals surface area contributed by atoms with Gasteiger partial charge in [0.15, 0.2) is 6.10 Å². The molecule has 0 amide bonds. The zero-order valence-corrected chi connectivity index (χ0v) is 13.7. The second-order valence-electron chi connectivity index (χ2n) is 5.36. The second kappa shape index (κ2) is 5.66. The highest BCUT2D eigenvalue weighted by atomic mass is 79.9. The maximum atomic E-state index is 12.0. The molecule has 1 atom stereocenters. The molecule has 4 nitrogen and oxygen atoms in total. The van der Waals surface area contributed by atoms with E-state index in [1.807, 2.05) is 60.7 Å². The van der Waals surface area contributed by atoms with Crippen LogP contribution in [0.3, 0.4) is 0 Å². The molecule has 0 bridgehead atoms. The minimum atomic E-state index is -0.338. The van der Waals surface area contributed by atoms with Crippen LogP contribution in [0, 0.1) is 0 Å². The van der Waals surface area contributed by atoms with Crippen molar-refractivity contribution in [2.75, 3.05) is 5.01 Å². The summed E-state index contributed by atoms with van der Waals surface area (Å²) in [7, 11) is 0. The number of ether oxygens (including phenoxy) is 1. The number of fused-ring (bicyclic) bond motifs is 1. The van der Waals surface area contributed by atoms with Gasteiger partial charge in [-0.3, -0.25) is 0 Å². The average Bonchev–Trinajstić information content (AvgIpc) is 2.90. The Balaban J connectivity index is 1.85. The Bertz CT molecular complexity index is 815. The first-order valence-corrected chi connectivity index (χ1v) is 8.12. The minimum absolute atomic E-state index is 0.315. The van der Waals surface area contributed by atoms with Crippen molar-refractivity contribution < 1.29 is 9.53 Å². The van der Waals surface area contributed by atoms with Crippen LogP contribution in [0.5, 0.6) is 0 Å². The van der Waals surface area contributed by atoms with Gasteiger partial charge < -0.3 is 4.74 Å². The highest BCUT2D eigenvalue weighted by Crippen LogP contribution is 2.38. The molecule has 4 rings (SSSR count). The number of para-hydroxylation sites is 1. The van der Waals surface area contributed by atoms with Crippen LogP contribution in [0.1, 0.15) is 12.0 Å². The molecule has 1 unspecified atom stereocenters. The van der Waals surface area contributed by atoms with E-state index in [0.717, 1.165) is 22.7 Å². The summed E-state index contributed by atoms with van der Waals surface area (Å²) >= 11 is 3.35. The van der Waals surface area contributed by atoms with Crippen molar-refractivity contribution in [3.8, 4) is 0 Å². The Labute approximate surface area is 142 Å². The first-order valence-electron chi connectivity index (χ1n) is 7.33. The zero-order chi connectivity index (χ0) is 15.8. The molecule has 0 radical (unpaired) electrons. The maximum absolute atomic E-state index is 12.0. The number of hydrogen-bond acceptors (Lipinski definition) is 4. The summed E-state index contributed by atoms with van der Waals surface area (Å²) < 4.78 is 5.95. The van der Waals surface area contributed by atoms with E-state index in [-0.39, 0.29) is 12.1 Å². The van der Waals surface area contributed by atoms with Crippen LogP contribution in [-0.4, -0.2) is 17.8 Å². The molecule has 23 heavy (non-hydrogen) atoms. The maximum Gasteiger partial charge on any atom is 0.347 e. The number of carbonyl (C=O) groups is 1. The predicted octanol–water partition coefficient (Wildman–Crippen LogP) is 3.83. The Hall–Kier alpha value is -2.40. The smallest absolute Gasteiger partial charge is 0.347 e. The summed E-state index contributed by atoms with van der Waals surface area (Å²) in [4.78, 5) is 12.0. The van der Waals surface area contributed by atoms with Crippen molar-refractivity contribution in [3.63, 3.8) is 0 Å². The molecule has 114 valence electrons. The molecule has 2 aromatic rings. The number of esters is 1. The quantitative estimate of drug-likeness (QED) is 0.756. The van der Waals surface area contributed by atoms with Gasteiger partial charge >= 0.3 is 5.97 Å². The summed E-state index contributed by atoms with van der Waals surface area (Å²) in [5.74, 6) is -0.338. The van der Waals surface area contributed by atoms with E-state index in [4.69, 9.17) is 9.84 Å². The number of rotatable bonds is 2. The highest BCUT2D eigenvalue weighted by Gasteiger charge is 2.40. The lowest BCUT2D eigenvalue weighted by Crippen LogP contribution is -2.33. The average molecular weight is 369 g/mol. The molecule has 0 aromatic heterocycles. The molecule has 0 fully saturated rings. The molecule has 2 heterocycles. The molecular weight excluding hydrogens is 356 g/mol. The topological polar surface area (TPSA) is 41.9 Å². The van der Waals surface area contributed by atoms with Crippen molar-refractivity contribution >= 4 is 33.3 Å². The van der Waals surface area contributed by atoms with Gasteiger partial charge in [-0.15, -0.1) is 0 Å². The third-order valence-corrected chi connectivity index (χ3v) is 4.62. The number of halogens is 1. The third-order valence-electron chi connectivity index (χ3n) is 3.89. The van der Waals surface area contributed by atoms with Crippen LogP contribution in [0.25, 0.3) is 0 Å². The van der Waals surface area contributed by atoms with E-state index in [1.54, 1.807) is 5.01 Å². The molecule has 2 aliphatic heterocycles. The fraction of sp³-hybridized carbons (Fsp3) is 0.111. The number of hydrogen-bond donors (Lipinski definition) is 0. The summed E-state index contributed by atoms with van der Waals surface area (Å²) in [6, 6.07) is 19.7. The van der Waals surface area contributed by atoms with Gasteiger partial charge in [0.05, 0.1) is 11.4 Å². The van der Waals surface area contributed by atoms with Crippen molar-refractivity contribution in [1.29, 1.82) is 0 Å². The van der Waals surface area contributed by atoms with E-state index >= 15 is 0 Å². The SMILES string of the molecule is O=C1OC2CC(c3ccccc3)=NN(c3ccccc3)C2=C1Br. The summed E-state index contributed by atoms with van der Waals surface area (Å²) in [6.45, 7) is 0. The second-order valence-corrected chi connectivity index (χ2v) is 6.15. The Morgan fingerprint density at radius 1 is 1.04 bits per heavy atom. The number of benzene rings is 2. The number of nitrogens with zero attached hydrogens (tertiary/aromatic N) is 2. The van der Waals surface area contributed by atoms with E-state index in [2.05, 4.69) is 15.9 Å². The molecule has 2 aliphatic rings. The minimum Gasteiger partial charge on any atom is -0.451 e. The van der Waals surface area contributed by atoms with Crippen molar-refractivity contribution in [3.05, 3.63) is 76.4 Å². The Kier molecular flexibility index (Phi) is 3.50. The van der Waals surface area contributed by atoms with E-state index < -0.39 is 0 Å². The lowest BCUT2D eigenvalue weighted by atomic mass is 10.0. The molecule has 0 saturated heterocycles. The van der Waals surface area contributed by atoms with Crippen molar-refractivity contribution in [1.82, 2.24) is 0 Å². The summed E-state index contributed by atoms with van der Waals surface area (Å²) in [5.41, 5.74) is 3.60. The molecule has 0 spiro atoms. The van der Waals surface area contributed by atoms with E-state index in [1.165, 1.54) is 0 Å². The predicted molar refractivity (Wildman–Crippen MR) is 92.4 cm³/mol. The van der Waals surface area contributed by atoms with Gasteiger partial charge in [-0.05, 0) is 33.6 Å². The van der Waals surface area contributed by atoms with Crippen molar-refractivity contribution in [2.45, 2.75) is 12.5 Å². The Morgan fingerprint density at radius 3 is 2.39 bits per heavy atom. The number of carbonyl (C=O) groups excluding carboxylic acids is 1. The number of anilines is 1. The summed E-state index contributed by atoms with van der Waals surface area (Å²) in [6.07, 6.45) is 0.258. The van der Waals surface area contributed by atoms with Crippen molar-refractivity contribution in [2.24, 2.45) is 5.10 Å². The Morgan fingerprint density at radius 2 is 1.70 bits per heavy atom. The van der Waals surface area contributed by atoms with Gasteiger partial charge in [0.2, 0.25) is 0 Å². The molecule has 0 N–H and O–H groups in total. The molecule has 0 aliphatic carbocycles. The largest absolute Gasteiger partial charge is 0.451 e. The number of hydrazone groups is 1. The lowest BCUT2D eigenvalue weighted by Gasteiger charge is -2.30. The van der Waals surface area contributed by atoms with E-state index in [0.29, 0.717) is 10.9 Å². The van der Waals surface area contributed by atoms with Crippen LogP contribution in [0.15, 0.2) is 75.9 Å². The molecule has 0 saturated carbocycles. The first-order chi connectivity index (χ1) is 11.2. The zero-order valence-electron chi connectivity index (χ0n) is 12.1. The van der Waals surface area contributed by atoms with Gasteiger partial charge in [0.1, 0.15) is 10.2 Å². The van der Waals surface area contributed by atoms with E-state index in [9.17, 15) is 4.79 Å². The fourth-order valence-electron chi connectivity index (χ4n) is 2.81. The first kappa shape index (κ1) is 14.2. The normalized spacial score (nSPS) is 20.2. The molecular formula is C18H13BrN2O2. The fourth-order valence-corrected chi connectivity index (χ4v) is 3.33. The lowest BCUT2D eigenvalue weighted by molar-refractivity contribution is -0.138. The van der Waals surface area contributed by atoms with Gasteiger partial charge in [0, 0.05) is 6.42 Å². The monoisotopic (exact) mass is 368 g/mol.